The first-order chi connectivity index (χ1) is 59.0. The SMILES string of the molecule is CCCCN(CCCCN)C(=O)CN1C[C@H](c2ccc3c(c2)CCO3)[C@@H](C(=O)O)[C@@H]1CCOc1ccccc1OC.CC[C@H]1[C@H](C(=O)O)[C@@H](c2ccc(OC)cc2)CN1C.CC[C@H]1[C@H](C(=O)O)[C@@H](c2ccc(OC)cc2)CN1C.CC[C@H]1[C@H](C(=O)O)[C@@H](c2ccc(OC)cc2)CN1C.COc1ccccc1.COc1ccccc1.COc1ccccc1. The topological polar surface area (TPSA) is 292 Å². The molecule has 4 fully saturated rings. The molecule has 122 heavy (non-hydrogen) atoms. The zero-order chi connectivity index (χ0) is 88.6. The van der Waals surface area contributed by atoms with E-state index >= 15 is 0 Å². The van der Waals surface area contributed by atoms with E-state index in [9.17, 15) is 44.4 Å². The molecule has 6 N–H and O–H groups in total. The summed E-state index contributed by atoms with van der Waals surface area (Å²) < 4.78 is 47.3. The van der Waals surface area contributed by atoms with Gasteiger partial charge in [0.15, 0.2) is 11.5 Å². The van der Waals surface area contributed by atoms with Gasteiger partial charge in [-0.3, -0.25) is 28.9 Å². The van der Waals surface area contributed by atoms with Gasteiger partial charge in [0.1, 0.15) is 40.2 Å². The predicted octanol–water partition coefficient (Wildman–Crippen LogP) is 15.6. The summed E-state index contributed by atoms with van der Waals surface area (Å²) in [6, 6.07) is 65.7. The highest BCUT2D eigenvalue weighted by atomic mass is 16.5. The maximum absolute atomic E-state index is 13.6. The minimum atomic E-state index is -0.852. The monoisotopic (exact) mass is 1680 g/mol. The number of carboxylic acid groups (broad SMARTS) is 4. The molecule has 13 rings (SSSR count). The summed E-state index contributed by atoms with van der Waals surface area (Å²) in [5.74, 6) is 2.59. The number of nitrogens with two attached hydrogens (primary N) is 1. The van der Waals surface area contributed by atoms with Crippen molar-refractivity contribution >= 4 is 29.8 Å². The molecule has 1 amide bonds. The second kappa shape index (κ2) is 51.8. The first kappa shape index (κ1) is 98.2. The van der Waals surface area contributed by atoms with Crippen LogP contribution in [-0.4, -0.2) is 235 Å². The van der Waals surface area contributed by atoms with E-state index < -0.39 is 29.8 Å². The number of likely N-dealkylation sites (N-methyl/N-ethyl adjacent to an activating group) is 3. The van der Waals surface area contributed by atoms with E-state index in [1.807, 2.05) is 247 Å². The van der Waals surface area contributed by atoms with Crippen LogP contribution in [0.5, 0.6) is 51.7 Å². The number of para-hydroxylation sites is 5. The van der Waals surface area contributed by atoms with Gasteiger partial charge in [-0.1, -0.05) is 149 Å². The Labute approximate surface area is 722 Å². The van der Waals surface area contributed by atoms with Crippen LogP contribution in [0.4, 0.5) is 0 Å². The fourth-order valence-electron chi connectivity index (χ4n) is 17.3. The number of likely N-dealkylation sites (tertiary alicyclic amines) is 4. The molecule has 0 radical (unpaired) electrons. The highest BCUT2D eigenvalue weighted by Gasteiger charge is 2.49. The van der Waals surface area contributed by atoms with Crippen LogP contribution in [0, 0.1) is 23.7 Å². The molecule has 0 bridgehead atoms. The molecule has 0 spiro atoms. The number of nitrogens with zero attached hydrogens (tertiary/aromatic N) is 5. The van der Waals surface area contributed by atoms with Gasteiger partial charge in [0.05, 0.1) is 93.2 Å². The number of hydrogen-bond donors (Lipinski definition) is 5. The lowest BCUT2D eigenvalue weighted by Crippen LogP contribution is -2.45. The number of fused-ring (bicyclic) bond motifs is 1. The predicted molar refractivity (Wildman–Crippen MR) is 477 cm³/mol. The van der Waals surface area contributed by atoms with Gasteiger partial charge < -0.3 is 88.4 Å². The number of hydrogen-bond acceptors (Lipinski definition) is 19. The average molecular weight is 1680 g/mol. The summed E-state index contributed by atoms with van der Waals surface area (Å²) in [7, 11) is 17.5. The summed E-state index contributed by atoms with van der Waals surface area (Å²) in [4.78, 5) is 71.7. The van der Waals surface area contributed by atoms with Gasteiger partial charge in [-0.2, -0.15) is 0 Å². The van der Waals surface area contributed by atoms with Crippen LogP contribution >= 0.6 is 0 Å². The highest BCUT2D eigenvalue weighted by Crippen LogP contribution is 2.44. The van der Waals surface area contributed by atoms with E-state index in [1.165, 1.54) is 0 Å². The van der Waals surface area contributed by atoms with Gasteiger partial charge in [0.25, 0.3) is 0 Å². The third-order valence-corrected chi connectivity index (χ3v) is 23.6. The molecule has 4 saturated heterocycles. The molecule has 12 atom stereocenters. The van der Waals surface area contributed by atoms with Crippen LogP contribution in [-0.2, 0) is 30.4 Å². The number of benzene rings is 8. The molecule has 24 nitrogen and oxygen atoms in total. The molecule has 0 saturated carbocycles. The second-order valence-corrected chi connectivity index (χ2v) is 31.0. The number of rotatable bonds is 31. The molecule has 0 aromatic heterocycles. The molecule has 0 aliphatic carbocycles. The number of carbonyl (C=O) groups excluding carboxylic acids is 1. The summed E-state index contributed by atoms with van der Waals surface area (Å²) in [5.41, 5.74) is 11.0. The molecule has 5 aliphatic rings. The van der Waals surface area contributed by atoms with Crippen molar-refractivity contribution in [3.05, 3.63) is 234 Å². The Morgan fingerprint density at radius 1 is 0.410 bits per heavy atom. The van der Waals surface area contributed by atoms with E-state index in [0.717, 1.165) is 139 Å². The van der Waals surface area contributed by atoms with Crippen LogP contribution in [0.3, 0.4) is 0 Å². The molecular weight excluding hydrogens is 1550 g/mol. The third kappa shape index (κ3) is 28.3. The van der Waals surface area contributed by atoms with Crippen molar-refractivity contribution < 1.29 is 87.0 Å². The van der Waals surface area contributed by atoms with Gasteiger partial charge in [-0.05, 0) is 191 Å². The number of carboxylic acids is 4. The Morgan fingerprint density at radius 2 is 0.754 bits per heavy atom. The summed E-state index contributed by atoms with van der Waals surface area (Å²) >= 11 is 0. The van der Waals surface area contributed by atoms with Gasteiger partial charge in [0.2, 0.25) is 5.91 Å². The third-order valence-electron chi connectivity index (χ3n) is 23.6. The number of methoxy groups -OCH3 is 7. The van der Waals surface area contributed by atoms with Crippen molar-refractivity contribution in [2.75, 3.05) is 136 Å². The van der Waals surface area contributed by atoms with Crippen molar-refractivity contribution in [3.63, 3.8) is 0 Å². The summed E-state index contributed by atoms with van der Waals surface area (Å²) in [5, 5.41) is 39.0. The Hall–Kier alpha value is -10.9. The number of ether oxygens (including phenoxy) is 9. The minimum absolute atomic E-state index is 0.0401. The first-order valence-corrected chi connectivity index (χ1v) is 42.4. The van der Waals surface area contributed by atoms with Crippen molar-refractivity contribution in [1.29, 1.82) is 0 Å². The smallest absolute Gasteiger partial charge is 0.308 e. The lowest BCUT2D eigenvalue weighted by molar-refractivity contribution is -0.144. The molecule has 5 heterocycles. The fourth-order valence-corrected chi connectivity index (χ4v) is 17.3. The summed E-state index contributed by atoms with van der Waals surface area (Å²) in [6.45, 7) is 14.2. The molecule has 5 aliphatic heterocycles. The molecule has 0 unspecified atom stereocenters. The van der Waals surface area contributed by atoms with Crippen LogP contribution in [0.15, 0.2) is 206 Å². The normalized spacial score (nSPS) is 21.2. The van der Waals surface area contributed by atoms with Crippen molar-refractivity contribution in [1.82, 2.24) is 24.5 Å². The molecule has 662 valence electrons. The van der Waals surface area contributed by atoms with E-state index in [-0.39, 0.29) is 78.0 Å². The highest BCUT2D eigenvalue weighted by molar-refractivity contribution is 5.79. The van der Waals surface area contributed by atoms with Crippen LogP contribution in [0.1, 0.15) is 131 Å². The zero-order valence-electron chi connectivity index (χ0n) is 73.8. The number of carbonyl (C=O) groups is 5. The first-order valence-electron chi connectivity index (χ1n) is 42.4. The van der Waals surface area contributed by atoms with Crippen LogP contribution in [0.2, 0.25) is 0 Å². The Bertz CT molecular complexity index is 4060. The quantitative estimate of drug-likeness (QED) is 0.0252. The van der Waals surface area contributed by atoms with Crippen molar-refractivity contribution in [3.8, 4) is 51.7 Å². The number of aliphatic carboxylic acids is 4. The number of amides is 1. The van der Waals surface area contributed by atoms with E-state index in [1.54, 1.807) is 49.8 Å². The van der Waals surface area contributed by atoms with E-state index in [2.05, 4.69) is 32.6 Å². The van der Waals surface area contributed by atoms with Gasteiger partial charge in [-0.25, -0.2) is 0 Å². The second-order valence-electron chi connectivity index (χ2n) is 31.0. The number of unbranched alkanes of at least 4 members (excludes halogenated alkanes) is 2. The van der Waals surface area contributed by atoms with Gasteiger partial charge in [-0.15, -0.1) is 0 Å². The van der Waals surface area contributed by atoms with Gasteiger partial charge in [0, 0.05) is 93.5 Å². The lowest BCUT2D eigenvalue weighted by atomic mass is 9.83. The maximum Gasteiger partial charge on any atom is 0.308 e. The van der Waals surface area contributed by atoms with Crippen molar-refractivity contribution in [2.45, 2.75) is 133 Å². The van der Waals surface area contributed by atoms with E-state index in [4.69, 9.17) is 48.4 Å². The maximum atomic E-state index is 13.6. The molecule has 8 aromatic rings. The fraction of sp³-hybridized carbons (Fsp3) is 0.459. The largest absolute Gasteiger partial charge is 0.497 e. The molecule has 8 aromatic carbocycles. The van der Waals surface area contributed by atoms with Crippen LogP contribution < -0.4 is 48.4 Å². The van der Waals surface area contributed by atoms with Crippen LogP contribution in [0.25, 0.3) is 0 Å². The lowest BCUT2D eigenvalue weighted by Gasteiger charge is -2.30. The average Bonchev–Trinajstić information content (AvgIpc) is 1.62. The van der Waals surface area contributed by atoms with Gasteiger partial charge >= 0.3 is 23.9 Å². The molecule has 24 heteroatoms. The Kier molecular flexibility index (Phi) is 41.7. The Morgan fingerprint density at radius 3 is 1.10 bits per heavy atom. The summed E-state index contributed by atoms with van der Waals surface area (Å²) in [6.07, 6.45) is 7.53. The molecular formula is C98H132N6O18. The minimum Gasteiger partial charge on any atom is -0.497 e. The zero-order valence-corrected chi connectivity index (χ0v) is 73.8. The van der Waals surface area contributed by atoms with E-state index in [0.29, 0.717) is 57.3 Å². The Balaban J connectivity index is 0.000000214. The standard InChI is InChI=1S/C32H45N3O6.3C15H21NO3.3C7H8O/c1-3-4-16-34(17-8-7-15-33)30(36)22-35-21-25(23-11-12-27-24(20-23)13-18-40-27)31(32(37)38)26(35)14-19-41-29-10-6-5-9-28(29)39-2;3*1-4-13-14(15(17)18)12(9-16(13)2)10-5-7-11(19-3)8-6-10;3*1-8-7-5-3-2-4-6-7/h5-6,9-12,20,25-26,31H,3-4,7-8,13-19,21-22,33H2,1-2H3,(H,37,38);3*5-8,12-14H,4,9H2,1-3H3,(H,17,18);3*2-6H,1H3/t25-,26+,31-;3*12-,13+,14-;;;/m1111.../s1. The van der Waals surface area contributed by atoms with Crippen molar-refractivity contribution in [2.24, 2.45) is 29.4 Å².